The lowest BCUT2D eigenvalue weighted by molar-refractivity contribution is -0.121. The van der Waals surface area contributed by atoms with Crippen LogP contribution in [0.1, 0.15) is 11.1 Å². The minimum atomic E-state index is -3.90. The number of hydrazine groups is 1. The number of benzene rings is 2. The molecule has 0 saturated heterocycles. The molecular weight excluding hydrogens is 385 g/mol. The number of nitrogens with zero attached hydrogens (tertiary/aromatic N) is 1. The van der Waals surface area contributed by atoms with Gasteiger partial charge in [0, 0.05) is 6.54 Å². The molecule has 134 valence electrons. The molecule has 0 unspecified atom stereocenters. The van der Waals surface area contributed by atoms with E-state index in [4.69, 9.17) is 29.0 Å². The van der Waals surface area contributed by atoms with Crippen molar-refractivity contribution < 1.29 is 13.2 Å². The normalized spacial score (nSPS) is 11.6. The average molecular weight is 402 g/mol. The van der Waals surface area contributed by atoms with Gasteiger partial charge in [0.25, 0.3) is 0 Å². The average Bonchev–Trinajstić information content (AvgIpc) is 2.57. The zero-order chi connectivity index (χ0) is 18.6. The van der Waals surface area contributed by atoms with Gasteiger partial charge in [0.15, 0.2) is 0 Å². The van der Waals surface area contributed by atoms with Crippen LogP contribution < -0.4 is 11.3 Å². The predicted molar refractivity (Wildman–Crippen MR) is 97.6 cm³/mol. The number of hydrogen-bond donors (Lipinski definition) is 2. The smallest absolute Gasteiger partial charge is 0.249 e. The Balaban J connectivity index is 2.38. The third-order valence-electron chi connectivity index (χ3n) is 3.48. The SMILES string of the molecule is Cc1ccc(S(=O)(=O)N(CC(=O)NN)Cc2ccc(Cl)c(Cl)c2)cc1. The van der Waals surface area contributed by atoms with Crippen LogP contribution in [0.25, 0.3) is 0 Å². The van der Waals surface area contributed by atoms with Crippen LogP contribution in [0.3, 0.4) is 0 Å². The highest BCUT2D eigenvalue weighted by atomic mass is 35.5. The quantitative estimate of drug-likeness (QED) is 0.441. The molecule has 0 aliphatic heterocycles. The van der Waals surface area contributed by atoms with Gasteiger partial charge in [-0.25, -0.2) is 14.3 Å². The highest BCUT2D eigenvalue weighted by Gasteiger charge is 2.26. The molecule has 0 aliphatic rings. The van der Waals surface area contributed by atoms with Crippen molar-refractivity contribution in [3.63, 3.8) is 0 Å². The number of amides is 1. The molecule has 0 spiro atoms. The molecule has 0 aromatic heterocycles. The van der Waals surface area contributed by atoms with Crippen LogP contribution >= 0.6 is 23.2 Å². The largest absolute Gasteiger partial charge is 0.293 e. The summed E-state index contributed by atoms with van der Waals surface area (Å²) in [7, 11) is -3.90. The molecule has 0 bridgehead atoms. The van der Waals surface area contributed by atoms with Gasteiger partial charge in [-0.1, -0.05) is 47.0 Å². The van der Waals surface area contributed by atoms with Gasteiger partial charge in [-0.15, -0.1) is 0 Å². The number of nitrogens with one attached hydrogen (secondary N) is 1. The van der Waals surface area contributed by atoms with E-state index in [-0.39, 0.29) is 11.4 Å². The van der Waals surface area contributed by atoms with Gasteiger partial charge in [-0.3, -0.25) is 10.2 Å². The minimum Gasteiger partial charge on any atom is -0.293 e. The maximum atomic E-state index is 12.9. The number of halogens is 2. The Morgan fingerprint density at radius 1 is 1.12 bits per heavy atom. The molecule has 9 heteroatoms. The molecule has 2 aromatic carbocycles. The molecule has 2 aromatic rings. The number of sulfonamides is 1. The Hall–Kier alpha value is -1.64. The first-order valence-electron chi connectivity index (χ1n) is 7.24. The topological polar surface area (TPSA) is 92.5 Å². The molecule has 3 N–H and O–H groups in total. The molecule has 0 radical (unpaired) electrons. The van der Waals surface area contributed by atoms with E-state index >= 15 is 0 Å². The first-order chi connectivity index (χ1) is 11.7. The number of hydrogen-bond acceptors (Lipinski definition) is 4. The van der Waals surface area contributed by atoms with E-state index in [9.17, 15) is 13.2 Å². The summed E-state index contributed by atoms with van der Waals surface area (Å²) in [6.07, 6.45) is 0. The summed E-state index contributed by atoms with van der Waals surface area (Å²) in [5.74, 6) is 4.47. The monoisotopic (exact) mass is 401 g/mol. The molecule has 2 rings (SSSR count). The van der Waals surface area contributed by atoms with Gasteiger partial charge < -0.3 is 0 Å². The molecule has 0 atom stereocenters. The van der Waals surface area contributed by atoms with Crippen molar-refractivity contribution in [3.8, 4) is 0 Å². The third-order valence-corrected chi connectivity index (χ3v) is 6.03. The molecule has 0 saturated carbocycles. The van der Waals surface area contributed by atoms with Gasteiger partial charge in [0.05, 0.1) is 21.5 Å². The first kappa shape index (κ1) is 19.7. The van der Waals surface area contributed by atoms with E-state index < -0.39 is 22.5 Å². The first-order valence-corrected chi connectivity index (χ1v) is 9.44. The van der Waals surface area contributed by atoms with Gasteiger partial charge in [0.1, 0.15) is 0 Å². The zero-order valence-corrected chi connectivity index (χ0v) is 15.7. The molecule has 0 heterocycles. The number of nitrogens with two attached hydrogens (primary N) is 1. The summed E-state index contributed by atoms with van der Waals surface area (Å²) in [6, 6.07) is 11.1. The lowest BCUT2D eigenvalue weighted by atomic mass is 10.2. The zero-order valence-electron chi connectivity index (χ0n) is 13.4. The van der Waals surface area contributed by atoms with Crippen molar-refractivity contribution in [1.29, 1.82) is 0 Å². The second-order valence-corrected chi connectivity index (χ2v) is 8.15. The minimum absolute atomic E-state index is 0.0550. The Bertz CT molecular complexity index is 871. The van der Waals surface area contributed by atoms with E-state index in [2.05, 4.69) is 0 Å². The fraction of sp³-hybridized carbons (Fsp3) is 0.188. The second-order valence-electron chi connectivity index (χ2n) is 5.40. The Kier molecular flexibility index (Phi) is 6.42. The van der Waals surface area contributed by atoms with E-state index in [0.717, 1.165) is 9.87 Å². The van der Waals surface area contributed by atoms with Crippen LogP contribution in [0.4, 0.5) is 0 Å². The van der Waals surface area contributed by atoms with Crippen molar-refractivity contribution >= 4 is 39.1 Å². The maximum Gasteiger partial charge on any atom is 0.249 e. The second kappa shape index (κ2) is 8.16. The van der Waals surface area contributed by atoms with Gasteiger partial charge in [0.2, 0.25) is 15.9 Å². The molecule has 1 amide bonds. The summed E-state index contributed by atoms with van der Waals surface area (Å²) >= 11 is 11.9. The Labute approximate surface area is 156 Å². The van der Waals surface area contributed by atoms with Gasteiger partial charge in [-0.2, -0.15) is 4.31 Å². The number of carbonyl (C=O) groups is 1. The number of rotatable bonds is 6. The summed E-state index contributed by atoms with van der Waals surface area (Å²) < 4.78 is 26.8. The summed E-state index contributed by atoms with van der Waals surface area (Å²) in [5, 5.41) is 0.660. The van der Waals surface area contributed by atoms with Crippen LogP contribution in [0.2, 0.25) is 10.0 Å². The third kappa shape index (κ3) is 4.93. The van der Waals surface area contributed by atoms with Crippen LogP contribution in [-0.4, -0.2) is 25.2 Å². The van der Waals surface area contributed by atoms with Crippen molar-refractivity contribution in [2.24, 2.45) is 5.84 Å². The fourth-order valence-electron chi connectivity index (χ4n) is 2.13. The van der Waals surface area contributed by atoms with Crippen molar-refractivity contribution in [2.75, 3.05) is 6.54 Å². The maximum absolute atomic E-state index is 12.9. The van der Waals surface area contributed by atoms with Crippen LogP contribution in [0, 0.1) is 6.92 Å². The van der Waals surface area contributed by atoms with E-state index in [0.29, 0.717) is 15.6 Å². The summed E-state index contributed by atoms with van der Waals surface area (Å²) in [6.45, 7) is 1.37. The van der Waals surface area contributed by atoms with Crippen molar-refractivity contribution in [3.05, 3.63) is 63.6 Å². The molecule has 0 fully saturated rings. The van der Waals surface area contributed by atoms with Gasteiger partial charge in [-0.05, 0) is 36.8 Å². The molecule has 6 nitrogen and oxygen atoms in total. The van der Waals surface area contributed by atoms with E-state index in [1.807, 2.05) is 12.3 Å². The van der Waals surface area contributed by atoms with E-state index in [1.54, 1.807) is 30.3 Å². The Morgan fingerprint density at radius 3 is 2.32 bits per heavy atom. The fourth-order valence-corrected chi connectivity index (χ4v) is 3.84. The lowest BCUT2D eigenvalue weighted by Gasteiger charge is -2.22. The molecular formula is C16H17Cl2N3O3S. The molecule has 25 heavy (non-hydrogen) atoms. The molecule has 0 aliphatic carbocycles. The lowest BCUT2D eigenvalue weighted by Crippen LogP contribution is -2.42. The van der Waals surface area contributed by atoms with Crippen LogP contribution in [-0.2, 0) is 21.4 Å². The van der Waals surface area contributed by atoms with Crippen LogP contribution in [0.5, 0.6) is 0 Å². The summed E-state index contributed by atoms with van der Waals surface area (Å²) in [4.78, 5) is 11.8. The summed E-state index contributed by atoms with van der Waals surface area (Å²) in [5.41, 5.74) is 3.46. The van der Waals surface area contributed by atoms with Crippen LogP contribution in [0.15, 0.2) is 47.4 Å². The van der Waals surface area contributed by atoms with Crippen molar-refractivity contribution in [1.82, 2.24) is 9.73 Å². The van der Waals surface area contributed by atoms with E-state index in [1.165, 1.54) is 12.1 Å². The highest BCUT2D eigenvalue weighted by Crippen LogP contribution is 2.25. The number of carbonyl (C=O) groups excluding carboxylic acids is 1. The Morgan fingerprint density at radius 2 is 1.76 bits per heavy atom. The van der Waals surface area contributed by atoms with Gasteiger partial charge >= 0.3 is 0 Å². The van der Waals surface area contributed by atoms with Crippen molar-refractivity contribution in [2.45, 2.75) is 18.4 Å². The standard InChI is InChI=1S/C16H17Cl2N3O3S/c1-11-2-5-13(6-3-11)25(23,24)21(10-16(22)20-19)9-12-4-7-14(17)15(18)8-12/h2-8H,9-10,19H2,1H3,(H,20,22). The predicted octanol–water partition coefficient (Wildman–Crippen LogP) is 2.48. The number of aryl methyl sites for hydroxylation is 1. The highest BCUT2D eigenvalue weighted by molar-refractivity contribution is 7.89.